The number of carbonyl (C=O) groups excluding carboxylic acids is 1. The van der Waals surface area contributed by atoms with Gasteiger partial charge in [-0.05, 0) is 18.2 Å². The fourth-order valence-corrected chi connectivity index (χ4v) is 1.88. The molecule has 0 fully saturated rings. The Balaban J connectivity index is 2.50. The molecular weight excluding hydrogens is 266 g/mol. The molecule has 0 saturated heterocycles. The quantitative estimate of drug-likeness (QED) is 0.859. The van der Waals surface area contributed by atoms with E-state index in [2.05, 4.69) is 5.32 Å². The van der Waals surface area contributed by atoms with Gasteiger partial charge in [-0.25, -0.2) is 0 Å². The number of amides is 1. The maximum Gasteiger partial charge on any atom is 0.234 e. The lowest BCUT2D eigenvalue weighted by Crippen LogP contribution is -2.20. The van der Waals surface area contributed by atoms with E-state index in [1.807, 2.05) is 20.2 Å². The lowest BCUT2D eigenvalue weighted by Gasteiger charge is -2.12. The Labute approximate surface area is 116 Å². The number of benzene rings is 1. The number of thiocarbonyl (C=S) groups is 1. The summed E-state index contributed by atoms with van der Waals surface area (Å²) >= 11 is 6.37. The minimum atomic E-state index is -0.140. The monoisotopic (exact) mass is 279 g/mol. The lowest BCUT2D eigenvalue weighted by atomic mass is 10.2. The topological polar surface area (TPSA) is 56.1 Å². The van der Waals surface area contributed by atoms with E-state index >= 15 is 0 Å². The third-order valence-electron chi connectivity index (χ3n) is 1.97. The zero-order chi connectivity index (χ0) is 13.5. The summed E-state index contributed by atoms with van der Waals surface area (Å²) in [5, 5.41) is 11.5. The van der Waals surface area contributed by atoms with Crippen molar-refractivity contribution < 1.29 is 4.79 Å². The summed E-state index contributed by atoms with van der Waals surface area (Å²) in [6.45, 7) is 0. The van der Waals surface area contributed by atoms with Crippen LogP contribution < -0.4 is 5.32 Å². The number of rotatable bonds is 3. The number of anilines is 1. The van der Waals surface area contributed by atoms with Crippen LogP contribution in [-0.4, -0.2) is 35.0 Å². The highest BCUT2D eigenvalue weighted by molar-refractivity contribution is 8.23. The molecule has 94 valence electrons. The van der Waals surface area contributed by atoms with Crippen LogP contribution in [0.4, 0.5) is 5.69 Å². The zero-order valence-corrected chi connectivity index (χ0v) is 11.8. The van der Waals surface area contributed by atoms with E-state index in [4.69, 9.17) is 17.5 Å². The first-order valence-corrected chi connectivity index (χ1v) is 6.56. The number of hydrogen-bond donors (Lipinski definition) is 1. The molecule has 0 aliphatic heterocycles. The van der Waals surface area contributed by atoms with E-state index in [-0.39, 0.29) is 11.7 Å². The summed E-state index contributed by atoms with van der Waals surface area (Å²) in [5.41, 5.74) is 1.14. The fourth-order valence-electron chi connectivity index (χ4n) is 1.12. The van der Waals surface area contributed by atoms with Crippen LogP contribution in [0.25, 0.3) is 0 Å². The van der Waals surface area contributed by atoms with E-state index in [1.165, 1.54) is 11.8 Å². The number of nitrogens with one attached hydrogen (secondary N) is 1. The Morgan fingerprint density at radius 2 is 2.28 bits per heavy atom. The molecule has 0 heterocycles. The van der Waals surface area contributed by atoms with Crippen LogP contribution in [0.1, 0.15) is 5.56 Å². The Morgan fingerprint density at radius 1 is 1.56 bits per heavy atom. The third kappa shape index (κ3) is 4.73. The van der Waals surface area contributed by atoms with Crippen molar-refractivity contribution >= 4 is 39.9 Å². The molecule has 1 aromatic carbocycles. The molecule has 0 radical (unpaired) electrons. The molecule has 1 amide bonds. The third-order valence-corrected chi connectivity index (χ3v) is 3.70. The second kappa shape index (κ2) is 6.99. The Hall–Kier alpha value is -1.58. The molecule has 0 unspecified atom stereocenters. The van der Waals surface area contributed by atoms with Gasteiger partial charge in [-0.15, -0.1) is 0 Å². The molecule has 1 rings (SSSR count). The number of nitrogens with zero attached hydrogens (tertiary/aromatic N) is 2. The summed E-state index contributed by atoms with van der Waals surface area (Å²) in [5.74, 6) is 0.118. The molecule has 0 aliphatic rings. The first kappa shape index (κ1) is 14.5. The molecule has 0 bridgehead atoms. The van der Waals surface area contributed by atoms with Gasteiger partial charge < -0.3 is 10.2 Å². The molecule has 0 aromatic heterocycles. The molecule has 4 nitrogen and oxygen atoms in total. The van der Waals surface area contributed by atoms with Crippen LogP contribution in [-0.2, 0) is 4.79 Å². The van der Waals surface area contributed by atoms with Crippen LogP contribution in [0.2, 0.25) is 0 Å². The number of hydrogen-bond acceptors (Lipinski definition) is 4. The number of nitriles is 1. The standard InChI is InChI=1S/C12H13N3OS2/c1-15(2)12(17)18-8-11(16)14-10-5-3-4-9(6-10)7-13/h3-6H,8H2,1-2H3,(H,14,16). The highest BCUT2D eigenvalue weighted by Gasteiger charge is 2.06. The maximum atomic E-state index is 11.6. The summed E-state index contributed by atoms with van der Waals surface area (Å²) < 4.78 is 0.663. The van der Waals surface area contributed by atoms with Crippen LogP contribution >= 0.6 is 24.0 Å². The molecule has 6 heteroatoms. The second-order valence-corrected chi connectivity index (χ2v) is 5.30. The van der Waals surface area contributed by atoms with Crippen molar-refractivity contribution in [3.8, 4) is 6.07 Å². The summed E-state index contributed by atoms with van der Waals surface area (Å²) in [4.78, 5) is 13.4. The molecule has 0 saturated carbocycles. The van der Waals surface area contributed by atoms with Gasteiger partial charge in [0.1, 0.15) is 4.32 Å². The molecule has 1 N–H and O–H groups in total. The first-order chi connectivity index (χ1) is 8.52. The maximum absolute atomic E-state index is 11.6. The van der Waals surface area contributed by atoms with Gasteiger partial charge in [0.05, 0.1) is 17.4 Å². The zero-order valence-electron chi connectivity index (χ0n) is 10.1. The van der Waals surface area contributed by atoms with Gasteiger partial charge in [-0.1, -0.05) is 30.0 Å². The average molecular weight is 279 g/mol. The van der Waals surface area contributed by atoms with Gasteiger partial charge in [0.15, 0.2) is 0 Å². The van der Waals surface area contributed by atoms with Crippen LogP contribution in [0.3, 0.4) is 0 Å². The second-order valence-electron chi connectivity index (χ2n) is 3.69. The van der Waals surface area contributed by atoms with E-state index in [0.29, 0.717) is 15.6 Å². The van der Waals surface area contributed by atoms with Gasteiger partial charge in [0.2, 0.25) is 5.91 Å². The van der Waals surface area contributed by atoms with Gasteiger partial charge in [0, 0.05) is 19.8 Å². The minimum Gasteiger partial charge on any atom is -0.364 e. The smallest absolute Gasteiger partial charge is 0.234 e. The molecule has 18 heavy (non-hydrogen) atoms. The van der Waals surface area contributed by atoms with Crippen LogP contribution in [0.5, 0.6) is 0 Å². The lowest BCUT2D eigenvalue weighted by molar-refractivity contribution is -0.113. The van der Waals surface area contributed by atoms with Crippen molar-refractivity contribution in [1.82, 2.24) is 4.90 Å². The highest BCUT2D eigenvalue weighted by atomic mass is 32.2. The Bertz CT molecular complexity index is 494. The Morgan fingerprint density at radius 3 is 2.89 bits per heavy atom. The van der Waals surface area contributed by atoms with Crippen molar-refractivity contribution in [2.45, 2.75) is 0 Å². The minimum absolute atomic E-state index is 0.140. The molecule has 0 spiro atoms. The fraction of sp³-hybridized carbons (Fsp3) is 0.250. The van der Waals surface area contributed by atoms with Gasteiger partial charge >= 0.3 is 0 Å². The Kier molecular flexibility index (Phi) is 5.62. The van der Waals surface area contributed by atoms with Gasteiger partial charge in [-0.3, -0.25) is 4.79 Å². The van der Waals surface area contributed by atoms with Crippen LogP contribution in [0, 0.1) is 11.3 Å². The summed E-state index contributed by atoms with van der Waals surface area (Å²) in [6, 6.07) is 8.81. The van der Waals surface area contributed by atoms with Crippen molar-refractivity contribution in [3.63, 3.8) is 0 Å². The first-order valence-electron chi connectivity index (χ1n) is 5.17. The van der Waals surface area contributed by atoms with E-state index in [9.17, 15) is 4.79 Å². The normalized spacial score (nSPS) is 9.39. The van der Waals surface area contributed by atoms with Crippen molar-refractivity contribution in [3.05, 3.63) is 29.8 Å². The SMILES string of the molecule is CN(C)C(=S)SCC(=O)Nc1cccc(C#N)c1. The number of thioether (sulfide) groups is 1. The molecule has 0 aliphatic carbocycles. The predicted molar refractivity (Wildman–Crippen MR) is 78.5 cm³/mol. The average Bonchev–Trinajstić information content (AvgIpc) is 2.36. The molecule has 0 atom stereocenters. The van der Waals surface area contributed by atoms with E-state index < -0.39 is 0 Å². The molecule has 1 aromatic rings. The van der Waals surface area contributed by atoms with E-state index in [1.54, 1.807) is 29.2 Å². The highest BCUT2D eigenvalue weighted by Crippen LogP contribution is 2.11. The van der Waals surface area contributed by atoms with E-state index in [0.717, 1.165) is 0 Å². The number of carbonyl (C=O) groups is 1. The summed E-state index contributed by atoms with van der Waals surface area (Å²) in [7, 11) is 3.67. The van der Waals surface area contributed by atoms with Gasteiger partial charge in [-0.2, -0.15) is 5.26 Å². The summed E-state index contributed by atoms with van der Waals surface area (Å²) in [6.07, 6.45) is 0. The molecular formula is C12H13N3OS2. The van der Waals surface area contributed by atoms with Crippen LogP contribution in [0.15, 0.2) is 24.3 Å². The van der Waals surface area contributed by atoms with Crippen molar-refractivity contribution in [2.24, 2.45) is 0 Å². The predicted octanol–water partition coefficient (Wildman–Crippen LogP) is 2.08. The van der Waals surface area contributed by atoms with Crippen molar-refractivity contribution in [1.29, 1.82) is 5.26 Å². The van der Waals surface area contributed by atoms with Crippen molar-refractivity contribution in [2.75, 3.05) is 25.2 Å². The largest absolute Gasteiger partial charge is 0.364 e. The van der Waals surface area contributed by atoms with Gasteiger partial charge in [0.25, 0.3) is 0 Å².